The Morgan fingerprint density at radius 1 is 0.688 bits per heavy atom. The second-order valence-corrected chi connectivity index (χ2v) is 6.49. The summed E-state index contributed by atoms with van der Waals surface area (Å²) in [5.74, 6) is 0. The van der Waals surface area contributed by atoms with Crippen LogP contribution in [0.2, 0.25) is 0 Å². The van der Waals surface area contributed by atoms with E-state index in [9.17, 15) is 0 Å². The van der Waals surface area contributed by atoms with Crippen LogP contribution >= 0.6 is 7.92 Å². The van der Waals surface area contributed by atoms with Crippen molar-refractivity contribution in [2.24, 2.45) is 0 Å². The van der Waals surface area contributed by atoms with Gasteiger partial charge in [-0.3, -0.25) is 0 Å². The van der Waals surface area contributed by atoms with E-state index < -0.39 is 0 Å². The Morgan fingerprint density at radius 3 is 1.44 bits per heavy atom. The summed E-state index contributed by atoms with van der Waals surface area (Å²) >= 11 is 0. The van der Waals surface area contributed by atoms with E-state index in [1.54, 1.807) is 0 Å². The van der Waals surface area contributed by atoms with Crippen LogP contribution in [0.15, 0.2) is 60.7 Å². The predicted molar refractivity (Wildman–Crippen MR) is 73.1 cm³/mol. The average Bonchev–Trinajstić information content (AvgIpc) is 2.31. The minimum Gasteiger partial charge on any atom is -0.101 e. The summed E-state index contributed by atoms with van der Waals surface area (Å²) in [6, 6.07) is 21.6. The van der Waals surface area contributed by atoms with Gasteiger partial charge in [0.25, 0.3) is 0 Å². The zero-order chi connectivity index (χ0) is 11.2. The summed E-state index contributed by atoms with van der Waals surface area (Å²) in [7, 11) is 0.0669. The lowest BCUT2D eigenvalue weighted by molar-refractivity contribution is 1.32. The third-order valence-corrected chi connectivity index (χ3v) is 4.40. The molecule has 0 saturated heterocycles. The normalized spacial score (nSPS) is 10.6. The highest BCUT2D eigenvalue weighted by molar-refractivity contribution is 7.55. The van der Waals surface area contributed by atoms with Crippen molar-refractivity contribution >= 4 is 7.92 Å². The summed E-state index contributed by atoms with van der Waals surface area (Å²) in [5.41, 5.74) is 2.93. The Balaban J connectivity index is 1.92. The van der Waals surface area contributed by atoms with E-state index in [4.69, 9.17) is 0 Å². The molecule has 0 aromatic heterocycles. The molecule has 0 heterocycles. The molecule has 0 atom stereocenters. The van der Waals surface area contributed by atoms with Crippen molar-refractivity contribution in [1.29, 1.82) is 0 Å². The van der Waals surface area contributed by atoms with Gasteiger partial charge in [0.2, 0.25) is 0 Å². The lowest BCUT2D eigenvalue weighted by Gasteiger charge is -2.12. The second-order valence-electron chi connectivity index (χ2n) is 4.14. The summed E-state index contributed by atoms with van der Waals surface area (Å²) in [6.07, 6.45) is 2.45. The molecule has 0 unspecified atom stereocenters. The molecule has 1 heteroatoms. The zero-order valence-corrected chi connectivity index (χ0v) is 10.5. The van der Waals surface area contributed by atoms with Gasteiger partial charge < -0.3 is 0 Å². The van der Waals surface area contributed by atoms with Crippen LogP contribution in [-0.2, 0) is 12.3 Å². The fourth-order valence-electron chi connectivity index (χ4n) is 1.85. The van der Waals surface area contributed by atoms with Crippen molar-refractivity contribution in [2.45, 2.75) is 12.3 Å². The monoisotopic (exact) mass is 228 g/mol. The number of hydrogen-bond acceptors (Lipinski definition) is 0. The van der Waals surface area contributed by atoms with Crippen molar-refractivity contribution < 1.29 is 0 Å². The fraction of sp³-hybridized carbons (Fsp3) is 0.200. The third-order valence-electron chi connectivity index (χ3n) is 2.59. The molecule has 0 nitrogen and oxygen atoms in total. The summed E-state index contributed by atoms with van der Waals surface area (Å²) in [5, 5.41) is 0. The second kappa shape index (κ2) is 5.82. The van der Waals surface area contributed by atoms with E-state index in [1.807, 2.05) is 0 Å². The van der Waals surface area contributed by atoms with Crippen LogP contribution in [0.25, 0.3) is 0 Å². The summed E-state index contributed by atoms with van der Waals surface area (Å²) in [6.45, 7) is 2.38. The first-order chi connectivity index (χ1) is 7.84. The van der Waals surface area contributed by atoms with Crippen LogP contribution in [0.1, 0.15) is 11.1 Å². The standard InChI is InChI=1S/C15H17P/c1-16(12-14-8-4-2-5-9-14)13-15-10-6-3-7-11-15/h2-11H,12-13H2,1H3. The predicted octanol–water partition coefficient (Wildman–Crippen LogP) is 4.50. The molecule has 0 radical (unpaired) electrons. The highest BCUT2D eigenvalue weighted by Gasteiger charge is 2.03. The fourth-order valence-corrected chi connectivity index (χ4v) is 3.63. The van der Waals surface area contributed by atoms with Crippen LogP contribution < -0.4 is 0 Å². The maximum Gasteiger partial charge on any atom is -0.00726 e. The Bertz CT molecular complexity index is 366. The van der Waals surface area contributed by atoms with Crippen molar-refractivity contribution in [1.82, 2.24) is 0 Å². The number of hydrogen-bond donors (Lipinski definition) is 0. The van der Waals surface area contributed by atoms with Crippen LogP contribution in [0.3, 0.4) is 0 Å². The van der Waals surface area contributed by atoms with Gasteiger partial charge in [-0.25, -0.2) is 0 Å². The van der Waals surface area contributed by atoms with Gasteiger partial charge in [0.15, 0.2) is 0 Å². The molecule has 2 rings (SSSR count). The lowest BCUT2D eigenvalue weighted by atomic mass is 10.2. The van der Waals surface area contributed by atoms with Crippen LogP contribution in [0.4, 0.5) is 0 Å². The maximum absolute atomic E-state index is 2.38. The van der Waals surface area contributed by atoms with Crippen LogP contribution in [0.5, 0.6) is 0 Å². The summed E-state index contributed by atoms with van der Waals surface area (Å²) < 4.78 is 0. The van der Waals surface area contributed by atoms with Crippen LogP contribution in [0, 0.1) is 0 Å². The Labute approximate surface area is 99.1 Å². The Hall–Kier alpha value is -1.13. The highest BCUT2D eigenvalue weighted by atomic mass is 31.1. The van der Waals surface area contributed by atoms with E-state index in [-0.39, 0.29) is 7.92 Å². The van der Waals surface area contributed by atoms with Gasteiger partial charge in [0.05, 0.1) is 0 Å². The molecule has 0 amide bonds. The molecule has 0 aliphatic rings. The molecule has 0 saturated carbocycles. The highest BCUT2D eigenvalue weighted by Crippen LogP contribution is 2.39. The van der Waals surface area contributed by atoms with Gasteiger partial charge in [-0.1, -0.05) is 60.7 Å². The molecule has 0 aliphatic heterocycles. The maximum atomic E-state index is 2.38. The number of benzene rings is 2. The molecule has 2 aromatic carbocycles. The lowest BCUT2D eigenvalue weighted by Crippen LogP contribution is -1.87. The van der Waals surface area contributed by atoms with Gasteiger partial charge >= 0.3 is 0 Å². The summed E-state index contributed by atoms with van der Waals surface area (Å²) in [4.78, 5) is 0. The number of rotatable bonds is 4. The molecule has 16 heavy (non-hydrogen) atoms. The van der Waals surface area contributed by atoms with Crippen molar-refractivity contribution in [3.05, 3.63) is 71.8 Å². The van der Waals surface area contributed by atoms with Gasteiger partial charge in [-0.2, -0.15) is 0 Å². The topological polar surface area (TPSA) is 0 Å². The first-order valence-electron chi connectivity index (χ1n) is 5.61. The van der Waals surface area contributed by atoms with Crippen LogP contribution in [-0.4, -0.2) is 6.66 Å². The smallest absolute Gasteiger partial charge is 0.00726 e. The Morgan fingerprint density at radius 2 is 1.06 bits per heavy atom. The molecule has 2 aromatic rings. The quantitative estimate of drug-likeness (QED) is 0.676. The molecule has 82 valence electrons. The van der Waals surface area contributed by atoms with E-state index in [0.717, 1.165) is 0 Å². The van der Waals surface area contributed by atoms with E-state index in [0.29, 0.717) is 0 Å². The van der Waals surface area contributed by atoms with Gasteiger partial charge in [-0.15, -0.1) is 7.92 Å². The largest absolute Gasteiger partial charge is 0.101 e. The van der Waals surface area contributed by atoms with Crippen molar-refractivity contribution in [3.8, 4) is 0 Å². The van der Waals surface area contributed by atoms with Gasteiger partial charge in [-0.05, 0) is 30.1 Å². The molecule has 0 bridgehead atoms. The zero-order valence-electron chi connectivity index (χ0n) is 9.63. The first kappa shape index (κ1) is 11.4. The van der Waals surface area contributed by atoms with Gasteiger partial charge in [0, 0.05) is 0 Å². The minimum absolute atomic E-state index is 0.0669. The van der Waals surface area contributed by atoms with Crippen molar-refractivity contribution in [3.63, 3.8) is 0 Å². The van der Waals surface area contributed by atoms with E-state index >= 15 is 0 Å². The average molecular weight is 228 g/mol. The Kier molecular flexibility index (Phi) is 4.13. The minimum atomic E-state index is 0.0669. The van der Waals surface area contributed by atoms with E-state index in [2.05, 4.69) is 67.3 Å². The van der Waals surface area contributed by atoms with E-state index in [1.165, 1.54) is 23.5 Å². The molecule has 0 fully saturated rings. The van der Waals surface area contributed by atoms with Crippen molar-refractivity contribution in [2.75, 3.05) is 6.66 Å². The molecule has 0 N–H and O–H groups in total. The molecule has 0 spiro atoms. The SMILES string of the molecule is CP(Cc1ccccc1)Cc1ccccc1. The molecule has 0 aliphatic carbocycles. The molecular formula is C15H17P. The van der Waals surface area contributed by atoms with Gasteiger partial charge in [0.1, 0.15) is 0 Å². The third kappa shape index (κ3) is 3.47. The first-order valence-corrected chi connectivity index (χ1v) is 7.77. The molecular weight excluding hydrogens is 211 g/mol.